The van der Waals surface area contributed by atoms with Gasteiger partial charge in [0.1, 0.15) is 34.6 Å². The van der Waals surface area contributed by atoms with Crippen LogP contribution in [0.3, 0.4) is 0 Å². The smallest absolute Gasteiger partial charge is 0.317 e. The van der Waals surface area contributed by atoms with Crippen molar-refractivity contribution < 1.29 is 14.3 Å². The molecule has 3 aromatic heterocycles. The highest BCUT2D eigenvalue weighted by molar-refractivity contribution is 6.76. The first-order valence-corrected chi connectivity index (χ1v) is 19.4. The van der Waals surface area contributed by atoms with Gasteiger partial charge in [0.25, 0.3) is 0 Å². The van der Waals surface area contributed by atoms with Crippen LogP contribution < -0.4 is 10.1 Å². The summed E-state index contributed by atoms with van der Waals surface area (Å²) in [4.78, 5) is 28.0. The molecule has 1 N–H and O–H groups in total. The van der Waals surface area contributed by atoms with Crippen LogP contribution in [-0.2, 0) is 11.5 Å². The minimum Gasteiger partial charge on any atom is -0.456 e. The number of halogens is 1. The van der Waals surface area contributed by atoms with Crippen molar-refractivity contribution in [1.29, 1.82) is 0 Å². The Hall–Kier alpha value is -4.00. The number of carbonyl (C=O) groups is 1. The zero-order valence-corrected chi connectivity index (χ0v) is 28.1. The Morgan fingerprint density at radius 2 is 1.87 bits per heavy atom. The van der Waals surface area contributed by atoms with Gasteiger partial charge in [0, 0.05) is 52.6 Å². The second kappa shape index (κ2) is 12.8. The van der Waals surface area contributed by atoms with E-state index in [2.05, 4.69) is 39.6 Å². The number of ether oxygens (including phenoxy) is 2. The topological polar surface area (TPSA) is 112 Å². The fourth-order valence-corrected chi connectivity index (χ4v) is 6.51. The number of hydrogen-bond acceptors (Lipinski definition) is 7. The molecule has 1 aliphatic rings. The second-order valence-electron chi connectivity index (χ2n) is 12.7. The van der Waals surface area contributed by atoms with Crippen molar-refractivity contribution in [3.8, 4) is 22.8 Å². The van der Waals surface area contributed by atoms with Gasteiger partial charge in [-0.1, -0.05) is 31.2 Å². The molecule has 1 saturated heterocycles. The van der Waals surface area contributed by atoms with E-state index in [1.165, 1.54) is 0 Å². The summed E-state index contributed by atoms with van der Waals surface area (Å²) in [6.07, 6.45) is 7.19. The number of likely N-dealkylation sites (tertiary alicyclic amines) is 1. The molecule has 2 amide bonds. The quantitative estimate of drug-likeness (QED) is 0.137. The van der Waals surface area contributed by atoms with Crippen molar-refractivity contribution in [2.75, 3.05) is 26.7 Å². The predicted octanol–water partition coefficient (Wildman–Crippen LogP) is 6.89. The predicted molar refractivity (Wildman–Crippen MR) is 179 cm³/mol. The van der Waals surface area contributed by atoms with Gasteiger partial charge in [0.2, 0.25) is 0 Å². The molecule has 0 spiro atoms. The molecule has 4 heterocycles. The molecule has 5 aromatic rings. The van der Waals surface area contributed by atoms with E-state index in [1.807, 2.05) is 53.0 Å². The van der Waals surface area contributed by atoms with Crippen LogP contribution in [0.4, 0.5) is 4.79 Å². The number of urea groups is 1. The molecule has 0 aliphatic carbocycles. The van der Waals surface area contributed by atoms with Gasteiger partial charge in [-0.3, -0.25) is 9.67 Å². The fourth-order valence-electron chi connectivity index (χ4n) is 5.52. The maximum absolute atomic E-state index is 11.9. The standard InChI is InChI=1S/C32H39ClN8O3Si/c1-21-37-25-7-6-24(16-28(25)40(21)20-43-14-15-45(3,4)5)44-29-9-8-26-31(30(29)33)38-27(18-35-26)22-17-36-41(19-22)23-10-12-39(13-11-23)32(42)34-2/h6-9,16-19,23H,10-15,20H2,1-5H3,(H,34,42). The Morgan fingerprint density at radius 1 is 1.09 bits per heavy atom. The molecular weight excluding hydrogens is 608 g/mol. The van der Waals surface area contributed by atoms with Crippen molar-refractivity contribution in [1.82, 2.24) is 39.5 Å². The van der Waals surface area contributed by atoms with Crippen LogP contribution in [0.15, 0.2) is 48.9 Å². The summed E-state index contributed by atoms with van der Waals surface area (Å²) in [5.74, 6) is 2.02. The molecule has 13 heteroatoms. The van der Waals surface area contributed by atoms with E-state index in [1.54, 1.807) is 19.4 Å². The molecule has 6 rings (SSSR count). The molecule has 0 unspecified atom stereocenters. The molecule has 11 nitrogen and oxygen atoms in total. The third-order valence-electron chi connectivity index (χ3n) is 8.21. The van der Waals surface area contributed by atoms with Crippen LogP contribution in [0.2, 0.25) is 30.7 Å². The second-order valence-corrected chi connectivity index (χ2v) is 18.7. The van der Waals surface area contributed by atoms with Gasteiger partial charge in [-0.15, -0.1) is 0 Å². The summed E-state index contributed by atoms with van der Waals surface area (Å²) in [6.45, 7) is 11.6. The molecule has 0 bridgehead atoms. The van der Waals surface area contributed by atoms with Gasteiger partial charge in [-0.05, 0) is 50.1 Å². The molecule has 1 fully saturated rings. The van der Waals surface area contributed by atoms with Crippen LogP contribution in [-0.4, -0.2) is 75.0 Å². The van der Waals surface area contributed by atoms with Crippen molar-refractivity contribution in [3.05, 3.63) is 59.8 Å². The molecule has 236 valence electrons. The van der Waals surface area contributed by atoms with Crippen LogP contribution in [0.5, 0.6) is 11.5 Å². The molecule has 45 heavy (non-hydrogen) atoms. The Morgan fingerprint density at radius 3 is 2.62 bits per heavy atom. The lowest BCUT2D eigenvalue weighted by atomic mass is 10.1. The van der Waals surface area contributed by atoms with Gasteiger partial charge in [-0.25, -0.2) is 14.8 Å². The largest absolute Gasteiger partial charge is 0.456 e. The first kappa shape index (κ1) is 31.0. The number of nitrogens with zero attached hydrogens (tertiary/aromatic N) is 7. The highest BCUT2D eigenvalue weighted by atomic mass is 35.5. The number of benzene rings is 2. The van der Waals surface area contributed by atoms with Crippen LogP contribution in [0, 0.1) is 6.92 Å². The summed E-state index contributed by atoms with van der Waals surface area (Å²) in [7, 11) is 0.488. The highest BCUT2D eigenvalue weighted by Gasteiger charge is 2.24. The minimum atomic E-state index is -1.17. The number of fused-ring (bicyclic) bond motifs is 2. The zero-order chi connectivity index (χ0) is 31.7. The third-order valence-corrected chi connectivity index (χ3v) is 10.3. The Labute approximate surface area is 268 Å². The monoisotopic (exact) mass is 646 g/mol. The van der Waals surface area contributed by atoms with E-state index in [0.717, 1.165) is 47.9 Å². The van der Waals surface area contributed by atoms with Crippen LogP contribution in [0.1, 0.15) is 24.7 Å². The van der Waals surface area contributed by atoms with Crippen molar-refractivity contribution in [2.24, 2.45) is 0 Å². The van der Waals surface area contributed by atoms with Gasteiger partial charge < -0.3 is 24.3 Å². The number of aryl methyl sites for hydroxylation is 1. The van der Waals surface area contributed by atoms with Gasteiger partial charge in [0.15, 0.2) is 0 Å². The molecule has 1 aliphatic heterocycles. The van der Waals surface area contributed by atoms with Crippen molar-refractivity contribution in [2.45, 2.75) is 58.2 Å². The Kier molecular flexibility index (Phi) is 8.80. The number of amides is 2. The number of rotatable bonds is 9. The first-order chi connectivity index (χ1) is 21.6. The summed E-state index contributed by atoms with van der Waals surface area (Å²) in [5, 5.41) is 7.69. The van der Waals surface area contributed by atoms with Crippen molar-refractivity contribution in [3.63, 3.8) is 0 Å². The highest BCUT2D eigenvalue weighted by Crippen LogP contribution is 2.36. The van der Waals surface area contributed by atoms with E-state index < -0.39 is 8.07 Å². The Balaban J connectivity index is 1.20. The Bertz CT molecular complexity index is 1840. The number of hydrogen-bond donors (Lipinski definition) is 1. The average molecular weight is 647 g/mol. The van der Waals surface area contributed by atoms with Crippen LogP contribution >= 0.6 is 11.6 Å². The lowest BCUT2D eigenvalue weighted by Crippen LogP contribution is -2.43. The van der Waals surface area contributed by atoms with E-state index in [0.29, 0.717) is 53.1 Å². The minimum absolute atomic E-state index is 0.0404. The summed E-state index contributed by atoms with van der Waals surface area (Å²) in [5.41, 5.74) is 4.56. The molecule has 0 atom stereocenters. The van der Waals surface area contributed by atoms with E-state index in [-0.39, 0.29) is 12.1 Å². The summed E-state index contributed by atoms with van der Waals surface area (Å²) >= 11 is 6.88. The molecular formula is C32H39ClN8O3Si. The fraction of sp³-hybridized carbons (Fsp3) is 0.406. The van der Waals surface area contributed by atoms with Crippen molar-refractivity contribution >= 4 is 47.8 Å². The summed E-state index contributed by atoms with van der Waals surface area (Å²) < 4.78 is 16.4. The number of imidazole rings is 1. The maximum Gasteiger partial charge on any atom is 0.317 e. The van der Waals surface area contributed by atoms with E-state index >= 15 is 0 Å². The number of nitrogens with one attached hydrogen (secondary N) is 1. The van der Waals surface area contributed by atoms with Gasteiger partial charge in [0.05, 0.1) is 40.7 Å². The molecule has 2 aromatic carbocycles. The van der Waals surface area contributed by atoms with Crippen LogP contribution in [0.25, 0.3) is 33.3 Å². The number of piperidine rings is 1. The van der Waals surface area contributed by atoms with E-state index in [9.17, 15) is 4.79 Å². The zero-order valence-electron chi connectivity index (χ0n) is 26.4. The van der Waals surface area contributed by atoms with Gasteiger partial charge in [-0.2, -0.15) is 5.10 Å². The SMILES string of the molecule is CNC(=O)N1CCC(n2cc(-c3cnc4ccc(Oc5ccc6nc(C)n(COCC[Si](C)(C)C)c6c5)c(Cl)c4n3)cn2)CC1. The average Bonchev–Trinajstić information content (AvgIpc) is 3.64. The molecule has 0 radical (unpaired) electrons. The third kappa shape index (κ3) is 6.82. The normalized spacial score (nSPS) is 14.4. The maximum atomic E-state index is 11.9. The number of aromatic nitrogens is 6. The number of carbonyl (C=O) groups excluding carboxylic acids is 1. The first-order valence-electron chi connectivity index (χ1n) is 15.3. The lowest BCUT2D eigenvalue weighted by Gasteiger charge is -2.31. The summed E-state index contributed by atoms with van der Waals surface area (Å²) in [6, 6.07) is 10.8. The van der Waals surface area contributed by atoms with Gasteiger partial charge >= 0.3 is 6.03 Å². The molecule has 0 saturated carbocycles. The lowest BCUT2D eigenvalue weighted by molar-refractivity contribution is 0.0885. The van der Waals surface area contributed by atoms with E-state index in [4.69, 9.17) is 31.0 Å².